The number of benzene rings is 2. The normalized spacial score (nSPS) is 21.0. The Hall–Kier alpha value is -3.42. The average molecular weight is 431 g/mol. The van der Waals surface area contributed by atoms with Gasteiger partial charge in [0.05, 0.1) is 17.6 Å². The minimum Gasteiger partial charge on any atom is -0.457 e. The average Bonchev–Trinajstić information content (AvgIpc) is 3.22. The van der Waals surface area contributed by atoms with Crippen LogP contribution in [-0.4, -0.2) is 37.0 Å². The van der Waals surface area contributed by atoms with Gasteiger partial charge in [0.2, 0.25) is 0 Å². The third-order valence-electron chi connectivity index (χ3n) is 6.36. The molecule has 2 aromatic carbocycles. The van der Waals surface area contributed by atoms with Crippen molar-refractivity contribution in [1.29, 1.82) is 0 Å². The number of hydrogen-bond donors (Lipinski definition) is 3. The van der Waals surface area contributed by atoms with Crippen LogP contribution in [0.25, 0.3) is 22.2 Å². The molecule has 0 saturated heterocycles. The van der Waals surface area contributed by atoms with Gasteiger partial charge in [-0.15, -0.1) is 0 Å². The van der Waals surface area contributed by atoms with Crippen LogP contribution < -0.4 is 10.5 Å². The van der Waals surface area contributed by atoms with Crippen molar-refractivity contribution in [2.45, 2.75) is 37.3 Å². The van der Waals surface area contributed by atoms with E-state index in [0.717, 1.165) is 46.5 Å². The van der Waals surface area contributed by atoms with E-state index in [1.165, 1.54) is 6.33 Å². The summed E-state index contributed by atoms with van der Waals surface area (Å²) in [6.07, 6.45) is 6.19. The van der Waals surface area contributed by atoms with Crippen molar-refractivity contribution in [3.8, 4) is 22.6 Å². The topological polar surface area (TPSA) is 106 Å². The number of aliphatic hydroxyl groups is 2. The molecule has 0 spiro atoms. The highest BCUT2D eigenvalue weighted by atomic mass is 16.5. The van der Waals surface area contributed by atoms with Crippen LogP contribution in [0.2, 0.25) is 0 Å². The van der Waals surface area contributed by atoms with Crippen molar-refractivity contribution in [2.24, 2.45) is 0 Å². The van der Waals surface area contributed by atoms with E-state index < -0.39 is 5.60 Å². The number of anilines is 1. The third kappa shape index (κ3) is 3.81. The van der Waals surface area contributed by atoms with Crippen LogP contribution in [0.4, 0.5) is 5.82 Å². The number of fused-ring (bicyclic) bond motifs is 1. The summed E-state index contributed by atoms with van der Waals surface area (Å²) in [7, 11) is 0. The van der Waals surface area contributed by atoms with E-state index in [0.29, 0.717) is 18.7 Å². The van der Waals surface area contributed by atoms with Crippen LogP contribution in [0.5, 0.6) is 11.5 Å². The Balaban J connectivity index is 1.48. The fourth-order valence-electron chi connectivity index (χ4n) is 4.51. The summed E-state index contributed by atoms with van der Waals surface area (Å²) in [5.41, 5.74) is 8.04. The summed E-state index contributed by atoms with van der Waals surface area (Å²) < 4.78 is 8.06. The van der Waals surface area contributed by atoms with Gasteiger partial charge in [-0.25, -0.2) is 9.97 Å². The van der Waals surface area contributed by atoms with E-state index in [9.17, 15) is 10.2 Å². The lowest BCUT2D eigenvalue weighted by Gasteiger charge is -2.35. The summed E-state index contributed by atoms with van der Waals surface area (Å²) in [5.74, 6) is 1.98. The van der Waals surface area contributed by atoms with Crippen LogP contribution in [-0.2, 0) is 0 Å². The highest BCUT2D eigenvalue weighted by molar-refractivity contribution is 6.00. The molecule has 1 aliphatic carbocycles. The standard InChI is InChI=1S/C25H26N4O3/c26-23-22-21(17-6-8-20(9-7-17)32-19-4-2-1-3-5-19)14-29(24(22)28-16-27-23)18-10-12-25(31,15-30)13-11-18/h1-9,14,16,18,30-31H,10-13,15H2,(H2,26,27,28). The van der Waals surface area contributed by atoms with E-state index in [2.05, 4.69) is 20.7 Å². The molecule has 0 bridgehead atoms. The largest absolute Gasteiger partial charge is 0.457 e. The second kappa shape index (κ2) is 8.26. The second-order valence-electron chi connectivity index (χ2n) is 8.46. The maximum absolute atomic E-state index is 10.4. The molecule has 0 radical (unpaired) electrons. The number of nitrogens with zero attached hydrogens (tertiary/aromatic N) is 3. The summed E-state index contributed by atoms with van der Waals surface area (Å²) in [6.45, 7) is -0.204. The zero-order valence-electron chi connectivity index (χ0n) is 17.7. The lowest BCUT2D eigenvalue weighted by molar-refractivity contribution is -0.0499. The molecule has 2 heterocycles. The molecule has 2 aromatic heterocycles. The van der Waals surface area contributed by atoms with Crippen LogP contribution in [0.15, 0.2) is 67.1 Å². The number of hydrogen-bond acceptors (Lipinski definition) is 6. The number of aromatic nitrogens is 3. The molecule has 0 unspecified atom stereocenters. The van der Waals surface area contributed by atoms with Gasteiger partial charge in [-0.05, 0) is 55.5 Å². The molecule has 164 valence electrons. The van der Waals surface area contributed by atoms with Crippen molar-refractivity contribution in [3.63, 3.8) is 0 Å². The van der Waals surface area contributed by atoms with Gasteiger partial charge in [-0.3, -0.25) is 0 Å². The third-order valence-corrected chi connectivity index (χ3v) is 6.36. The van der Waals surface area contributed by atoms with E-state index >= 15 is 0 Å². The first-order valence-corrected chi connectivity index (χ1v) is 10.8. The minimum atomic E-state index is -0.981. The Morgan fingerprint density at radius 1 is 1.00 bits per heavy atom. The first kappa shape index (κ1) is 20.5. The summed E-state index contributed by atoms with van der Waals surface area (Å²) in [6, 6.07) is 17.7. The Morgan fingerprint density at radius 2 is 1.69 bits per heavy atom. The van der Waals surface area contributed by atoms with Gasteiger partial charge >= 0.3 is 0 Å². The quantitative estimate of drug-likeness (QED) is 0.436. The number of nitrogens with two attached hydrogens (primary N) is 1. The summed E-state index contributed by atoms with van der Waals surface area (Å²) in [4.78, 5) is 8.75. The van der Waals surface area contributed by atoms with Gasteiger partial charge in [-0.1, -0.05) is 30.3 Å². The summed E-state index contributed by atoms with van der Waals surface area (Å²) in [5, 5.41) is 20.7. The van der Waals surface area contributed by atoms with E-state index in [4.69, 9.17) is 10.5 Å². The molecular formula is C25H26N4O3. The molecule has 0 aliphatic heterocycles. The summed E-state index contributed by atoms with van der Waals surface area (Å²) >= 11 is 0. The number of ether oxygens (including phenoxy) is 1. The second-order valence-corrected chi connectivity index (χ2v) is 8.46. The molecule has 1 fully saturated rings. The van der Waals surface area contributed by atoms with Crippen molar-refractivity contribution in [2.75, 3.05) is 12.3 Å². The molecular weight excluding hydrogens is 404 g/mol. The SMILES string of the molecule is Nc1ncnc2c1c(-c1ccc(Oc3ccccc3)cc1)cn2C1CCC(O)(CO)CC1. The van der Waals surface area contributed by atoms with Crippen molar-refractivity contribution in [3.05, 3.63) is 67.1 Å². The fraction of sp³-hybridized carbons (Fsp3) is 0.280. The number of para-hydroxylation sites is 1. The van der Waals surface area contributed by atoms with Crippen LogP contribution in [0.3, 0.4) is 0 Å². The Kier molecular flexibility index (Phi) is 5.28. The van der Waals surface area contributed by atoms with Crippen molar-refractivity contribution >= 4 is 16.9 Å². The highest BCUT2D eigenvalue weighted by Gasteiger charge is 2.34. The van der Waals surface area contributed by atoms with E-state index in [1.54, 1.807) is 0 Å². The first-order chi connectivity index (χ1) is 15.6. The monoisotopic (exact) mass is 430 g/mol. The number of nitrogen functional groups attached to an aromatic ring is 1. The highest BCUT2D eigenvalue weighted by Crippen LogP contribution is 2.40. The maximum Gasteiger partial charge on any atom is 0.146 e. The smallest absolute Gasteiger partial charge is 0.146 e. The van der Waals surface area contributed by atoms with Gasteiger partial charge in [0.25, 0.3) is 0 Å². The predicted molar refractivity (Wildman–Crippen MR) is 123 cm³/mol. The van der Waals surface area contributed by atoms with Crippen LogP contribution in [0.1, 0.15) is 31.7 Å². The van der Waals surface area contributed by atoms with Crippen molar-refractivity contribution < 1.29 is 14.9 Å². The molecule has 0 atom stereocenters. The molecule has 1 aliphatic rings. The van der Waals surface area contributed by atoms with Gasteiger partial charge in [-0.2, -0.15) is 0 Å². The van der Waals surface area contributed by atoms with Gasteiger partial charge in [0.1, 0.15) is 29.3 Å². The van der Waals surface area contributed by atoms with Crippen LogP contribution >= 0.6 is 0 Å². The number of aliphatic hydroxyl groups excluding tert-OH is 1. The molecule has 1 saturated carbocycles. The molecule has 4 aromatic rings. The first-order valence-electron chi connectivity index (χ1n) is 10.8. The lowest BCUT2D eigenvalue weighted by Crippen LogP contribution is -2.38. The zero-order valence-corrected chi connectivity index (χ0v) is 17.7. The number of rotatable bonds is 5. The Labute approximate surface area is 186 Å². The van der Waals surface area contributed by atoms with Gasteiger partial charge < -0.3 is 25.3 Å². The van der Waals surface area contributed by atoms with Crippen molar-refractivity contribution in [1.82, 2.24) is 14.5 Å². The molecule has 7 heteroatoms. The Bertz CT molecular complexity index is 1210. The van der Waals surface area contributed by atoms with Crippen LogP contribution in [0, 0.1) is 0 Å². The van der Waals surface area contributed by atoms with Gasteiger partial charge in [0, 0.05) is 17.8 Å². The minimum absolute atomic E-state index is 0.174. The zero-order chi connectivity index (χ0) is 22.1. The Morgan fingerprint density at radius 3 is 2.38 bits per heavy atom. The van der Waals surface area contributed by atoms with Gasteiger partial charge in [0.15, 0.2) is 0 Å². The fourth-order valence-corrected chi connectivity index (χ4v) is 4.51. The van der Waals surface area contributed by atoms with E-state index in [1.807, 2.05) is 54.6 Å². The van der Waals surface area contributed by atoms with E-state index in [-0.39, 0.29) is 12.6 Å². The predicted octanol–water partition coefficient (Wildman–Crippen LogP) is 4.31. The molecule has 5 rings (SSSR count). The maximum atomic E-state index is 10.4. The lowest BCUT2D eigenvalue weighted by atomic mass is 9.82. The molecule has 32 heavy (non-hydrogen) atoms. The molecule has 4 N–H and O–H groups in total. The molecule has 0 amide bonds. The molecule has 7 nitrogen and oxygen atoms in total.